The van der Waals surface area contributed by atoms with Crippen molar-refractivity contribution in [3.63, 3.8) is 0 Å². The maximum Gasteiger partial charge on any atom is 0.128 e. The molecule has 29 heavy (non-hydrogen) atoms. The van der Waals surface area contributed by atoms with Crippen LogP contribution in [0.3, 0.4) is 0 Å². The molecule has 0 bridgehead atoms. The van der Waals surface area contributed by atoms with E-state index >= 15 is 0 Å². The Morgan fingerprint density at radius 1 is 1.07 bits per heavy atom. The summed E-state index contributed by atoms with van der Waals surface area (Å²) >= 11 is 6.41. The zero-order valence-corrected chi connectivity index (χ0v) is 16.8. The SMILES string of the molecule is CNc1ccncc1-c1ccc(F)c(C(C)Nc2c(Cl)cnc3ccccc23)c1. The first kappa shape index (κ1) is 19.2. The number of pyridine rings is 2. The van der Waals surface area contributed by atoms with Gasteiger partial charge in [0.1, 0.15) is 5.82 Å². The number of halogens is 2. The van der Waals surface area contributed by atoms with Gasteiger partial charge in [-0.25, -0.2) is 4.39 Å². The summed E-state index contributed by atoms with van der Waals surface area (Å²) in [5, 5.41) is 7.92. The lowest BCUT2D eigenvalue weighted by Crippen LogP contribution is -2.10. The lowest BCUT2D eigenvalue weighted by molar-refractivity contribution is 0.600. The summed E-state index contributed by atoms with van der Waals surface area (Å²) in [6.07, 6.45) is 5.11. The largest absolute Gasteiger partial charge is 0.388 e. The highest BCUT2D eigenvalue weighted by molar-refractivity contribution is 6.34. The van der Waals surface area contributed by atoms with Crippen molar-refractivity contribution in [1.29, 1.82) is 0 Å². The van der Waals surface area contributed by atoms with E-state index in [1.165, 1.54) is 6.07 Å². The van der Waals surface area contributed by atoms with Gasteiger partial charge in [0, 0.05) is 47.8 Å². The Labute approximate surface area is 173 Å². The molecule has 2 N–H and O–H groups in total. The van der Waals surface area contributed by atoms with Crippen LogP contribution in [0.4, 0.5) is 15.8 Å². The molecule has 4 aromatic rings. The molecule has 0 saturated heterocycles. The fraction of sp³-hybridized carbons (Fsp3) is 0.130. The minimum absolute atomic E-state index is 0.280. The van der Waals surface area contributed by atoms with Gasteiger partial charge in [0.15, 0.2) is 0 Å². The smallest absolute Gasteiger partial charge is 0.128 e. The minimum Gasteiger partial charge on any atom is -0.388 e. The molecule has 1 unspecified atom stereocenters. The molecule has 1 atom stereocenters. The number of benzene rings is 2. The average Bonchev–Trinajstić information content (AvgIpc) is 2.76. The number of rotatable bonds is 5. The van der Waals surface area contributed by atoms with E-state index < -0.39 is 0 Å². The second-order valence-corrected chi connectivity index (χ2v) is 7.18. The van der Waals surface area contributed by atoms with E-state index in [0.717, 1.165) is 33.4 Å². The summed E-state index contributed by atoms with van der Waals surface area (Å²) in [6, 6.07) is 14.4. The molecule has 0 aliphatic heterocycles. The van der Waals surface area contributed by atoms with Gasteiger partial charge in [-0.05, 0) is 36.8 Å². The Morgan fingerprint density at radius 3 is 2.72 bits per heavy atom. The molecule has 146 valence electrons. The van der Waals surface area contributed by atoms with Crippen LogP contribution in [0.1, 0.15) is 18.5 Å². The summed E-state index contributed by atoms with van der Waals surface area (Å²) < 4.78 is 14.7. The van der Waals surface area contributed by atoms with Crippen LogP contribution in [0.15, 0.2) is 67.1 Å². The number of nitrogens with zero attached hydrogens (tertiary/aromatic N) is 2. The molecule has 2 aromatic heterocycles. The molecule has 0 spiro atoms. The van der Waals surface area contributed by atoms with Crippen molar-refractivity contribution < 1.29 is 4.39 Å². The number of aromatic nitrogens is 2. The van der Waals surface area contributed by atoms with Crippen LogP contribution in [-0.4, -0.2) is 17.0 Å². The summed E-state index contributed by atoms with van der Waals surface area (Å²) in [7, 11) is 1.85. The number of nitrogens with one attached hydrogen (secondary N) is 2. The van der Waals surface area contributed by atoms with E-state index in [1.54, 1.807) is 24.7 Å². The third-order valence-electron chi connectivity index (χ3n) is 4.95. The number of fused-ring (bicyclic) bond motifs is 1. The van der Waals surface area contributed by atoms with E-state index in [1.807, 2.05) is 50.4 Å². The molecule has 0 radical (unpaired) electrons. The molecule has 0 amide bonds. The van der Waals surface area contributed by atoms with Crippen LogP contribution >= 0.6 is 11.6 Å². The van der Waals surface area contributed by atoms with Crippen molar-refractivity contribution in [2.45, 2.75) is 13.0 Å². The van der Waals surface area contributed by atoms with Gasteiger partial charge in [0.25, 0.3) is 0 Å². The highest BCUT2D eigenvalue weighted by atomic mass is 35.5. The van der Waals surface area contributed by atoms with Crippen LogP contribution in [0.2, 0.25) is 5.02 Å². The van der Waals surface area contributed by atoms with Gasteiger partial charge >= 0.3 is 0 Å². The topological polar surface area (TPSA) is 49.8 Å². The molecule has 0 aliphatic rings. The Morgan fingerprint density at radius 2 is 1.90 bits per heavy atom. The number of anilines is 2. The molecular formula is C23H20ClFN4. The maximum absolute atomic E-state index is 14.7. The molecule has 0 aliphatic carbocycles. The lowest BCUT2D eigenvalue weighted by atomic mass is 9.99. The summed E-state index contributed by atoms with van der Waals surface area (Å²) in [6.45, 7) is 1.91. The second kappa shape index (κ2) is 8.05. The van der Waals surface area contributed by atoms with Crippen LogP contribution in [-0.2, 0) is 0 Å². The van der Waals surface area contributed by atoms with E-state index in [9.17, 15) is 4.39 Å². The van der Waals surface area contributed by atoms with Crippen molar-refractivity contribution in [3.05, 3.63) is 83.5 Å². The quantitative estimate of drug-likeness (QED) is 0.408. The van der Waals surface area contributed by atoms with Gasteiger partial charge in [-0.3, -0.25) is 9.97 Å². The Balaban J connectivity index is 1.73. The van der Waals surface area contributed by atoms with Crippen LogP contribution in [0.25, 0.3) is 22.0 Å². The van der Waals surface area contributed by atoms with Gasteiger partial charge in [-0.2, -0.15) is 0 Å². The predicted octanol–water partition coefficient (Wildman–Crippen LogP) is 6.30. The molecule has 0 saturated carbocycles. The monoisotopic (exact) mass is 406 g/mol. The summed E-state index contributed by atoms with van der Waals surface area (Å²) in [4.78, 5) is 8.56. The number of para-hydroxylation sites is 1. The second-order valence-electron chi connectivity index (χ2n) is 6.77. The highest BCUT2D eigenvalue weighted by Gasteiger charge is 2.16. The molecular weight excluding hydrogens is 387 g/mol. The number of hydrogen-bond acceptors (Lipinski definition) is 4. The van der Waals surface area contributed by atoms with Crippen LogP contribution in [0.5, 0.6) is 0 Å². The Bertz CT molecular complexity index is 1180. The van der Waals surface area contributed by atoms with Crippen molar-refractivity contribution >= 4 is 33.9 Å². The first-order valence-electron chi connectivity index (χ1n) is 9.30. The Kier molecular flexibility index (Phi) is 5.32. The van der Waals surface area contributed by atoms with Gasteiger partial charge in [0.05, 0.1) is 22.3 Å². The van der Waals surface area contributed by atoms with E-state index in [2.05, 4.69) is 20.6 Å². The zero-order chi connectivity index (χ0) is 20.4. The third kappa shape index (κ3) is 3.74. The molecule has 0 fully saturated rings. The van der Waals surface area contributed by atoms with Crippen LogP contribution < -0.4 is 10.6 Å². The normalized spacial score (nSPS) is 12.0. The Hall–Kier alpha value is -3.18. The average molecular weight is 407 g/mol. The first-order chi connectivity index (χ1) is 14.1. The van der Waals surface area contributed by atoms with E-state index in [4.69, 9.17) is 11.6 Å². The molecule has 4 rings (SSSR count). The fourth-order valence-electron chi connectivity index (χ4n) is 3.44. The van der Waals surface area contributed by atoms with Gasteiger partial charge < -0.3 is 10.6 Å². The van der Waals surface area contributed by atoms with Gasteiger partial charge in [-0.1, -0.05) is 35.9 Å². The molecule has 6 heteroatoms. The van der Waals surface area contributed by atoms with Gasteiger partial charge in [0.2, 0.25) is 0 Å². The summed E-state index contributed by atoms with van der Waals surface area (Å²) in [5.41, 5.74) is 4.85. The highest BCUT2D eigenvalue weighted by Crippen LogP contribution is 2.35. The number of hydrogen-bond donors (Lipinski definition) is 2. The van der Waals surface area contributed by atoms with Crippen molar-refractivity contribution in [1.82, 2.24) is 9.97 Å². The minimum atomic E-state index is -0.312. The first-order valence-corrected chi connectivity index (χ1v) is 9.67. The van der Waals surface area contributed by atoms with Gasteiger partial charge in [-0.15, -0.1) is 0 Å². The van der Waals surface area contributed by atoms with Crippen LogP contribution in [0, 0.1) is 5.82 Å². The fourth-order valence-corrected chi connectivity index (χ4v) is 3.65. The summed E-state index contributed by atoms with van der Waals surface area (Å²) in [5.74, 6) is -0.280. The predicted molar refractivity (Wildman–Crippen MR) is 118 cm³/mol. The standard InChI is InChI=1S/C23H20ClFN4/c1-14(29-23-16-5-3-4-6-22(16)28-13-19(23)24)17-11-15(7-8-20(17)25)18-12-27-10-9-21(18)26-2/h3-14H,1-2H3,(H,26,27)(H,28,29). The van der Waals surface area contributed by atoms with Crippen molar-refractivity contribution in [2.24, 2.45) is 0 Å². The van der Waals surface area contributed by atoms with Crippen molar-refractivity contribution in [3.8, 4) is 11.1 Å². The molecule has 4 nitrogen and oxygen atoms in total. The molecule has 2 heterocycles. The zero-order valence-electron chi connectivity index (χ0n) is 16.1. The third-order valence-corrected chi connectivity index (χ3v) is 5.24. The maximum atomic E-state index is 14.7. The lowest BCUT2D eigenvalue weighted by Gasteiger charge is -2.20. The molecule has 2 aromatic carbocycles. The van der Waals surface area contributed by atoms with E-state index in [-0.39, 0.29) is 11.9 Å². The van der Waals surface area contributed by atoms with Crippen molar-refractivity contribution in [2.75, 3.05) is 17.7 Å². The van der Waals surface area contributed by atoms with E-state index in [0.29, 0.717) is 10.6 Å².